The highest BCUT2D eigenvalue weighted by molar-refractivity contribution is 4.91. The maximum Gasteiger partial charge on any atom is 0.0695 e. The highest BCUT2D eigenvalue weighted by atomic mass is 16.3. The predicted molar refractivity (Wildman–Crippen MR) is 64.4 cm³/mol. The highest BCUT2D eigenvalue weighted by Crippen LogP contribution is 2.29. The van der Waals surface area contributed by atoms with Gasteiger partial charge < -0.3 is 5.11 Å². The maximum absolute atomic E-state index is 10.1. The Bertz CT molecular complexity index is 234. The fourth-order valence-electron chi connectivity index (χ4n) is 3.39. The summed E-state index contributed by atoms with van der Waals surface area (Å²) >= 11 is 0. The average molecular weight is 224 g/mol. The number of aliphatic hydroxyl groups is 1. The summed E-state index contributed by atoms with van der Waals surface area (Å²) in [5.41, 5.74) is 0. The summed E-state index contributed by atoms with van der Waals surface area (Å²) in [4.78, 5) is 5.19. The second-order valence-electron chi connectivity index (χ2n) is 5.72. The molecule has 0 spiro atoms. The first-order valence-corrected chi connectivity index (χ1v) is 7.01. The number of hydrogen-bond acceptors (Lipinski definition) is 3. The number of rotatable bonds is 2. The topological polar surface area (TPSA) is 26.7 Å². The number of aliphatic hydroxyl groups excluding tert-OH is 1. The monoisotopic (exact) mass is 224 g/mol. The fourth-order valence-corrected chi connectivity index (χ4v) is 3.39. The van der Waals surface area contributed by atoms with Gasteiger partial charge in [0, 0.05) is 38.3 Å². The Morgan fingerprint density at radius 3 is 2.00 bits per heavy atom. The molecule has 0 radical (unpaired) electrons. The SMILES string of the molecule is OC1CCCCC1N1CCN(C2CC2)CC1. The average Bonchev–Trinajstić information content (AvgIpc) is 3.14. The van der Waals surface area contributed by atoms with Gasteiger partial charge in [-0.1, -0.05) is 12.8 Å². The van der Waals surface area contributed by atoms with Crippen LogP contribution in [0.1, 0.15) is 38.5 Å². The summed E-state index contributed by atoms with van der Waals surface area (Å²) in [5.74, 6) is 0. The van der Waals surface area contributed by atoms with Gasteiger partial charge in [-0.25, -0.2) is 0 Å². The van der Waals surface area contributed by atoms with E-state index < -0.39 is 0 Å². The molecule has 16 heavy (non-hydrogen) atoms. The van der Waals surface area contributed by atoms with Crippen molar-refractivity contribution in [2.24, 2.45) is 0 Å². The highest BCUT2D eigenvalue weighted by Gasteiger charge is 2.35. The van der Waals surface area contributed by atoms with Crippen LogP contribution in [0.3, 0.4) is 0 Å². The molecule has 2 saturated carbocycles. The van der Waals surface area contributed by atoms with Gasteiger partial charge in [-0.15, -0.1) is 0 Å². The molecule has 3 nitrogen and oxygen atoms in total. The van der Waals surface area contributed by atoms with Crippen molar-refractivity contribution in [2.75, 3.05) is 26.2 Å². The lowest BCUT2D eigenvalue weighted by Gasteiger charge is -2.42. The Kier molecular flexibility index (Phi) is 3.18. The van der Waals surface area contributed by atoms with Crippen molar-refractivity contribution in [3.63, 3.8) is 0 Å². The van der Waals surface area contributed by atoms with Crippen molar-refractivity contribution in [2.45, 2.75) is 56.7 Å². The molecule has 0 aromatic heterocycles. The first kappa shape index (κ1) is 11.0. The van der Waals surface area contributed by atoms with Gasteiger partial charge in [-0.2, -0.15) is 0 Å². The molecule has 0 amide bonds. The van der Waals surface area contributed by atoms with Crippen LogP contribution in [0.4, 0.5) is 0 Å². The largest absolute Gasteiger partial charge is 0.391 e. The van der Waals surface area contributed by atoms with Crippen LogP contribution in [0.5, 0.6) is 0 Å². The Labute approximate surface area is 98.4 Å². The molecule has 2 unspecified atom stereocenters. The van der Waals surface area contributed by atoms with E-state index in [2.05, 4.69) is 9.80 Å². The standard InChI is InChI=1S/C13H24N2O/c16-13-4-2-1-3-12(13)15-9-7-14(8-10-15)11-5-6-11/h11-13,16H,1-10H2. The van der Waals surface area contributed by atoms with E-state index in [9.17, 15) is 5.11 Å². The lowest BCUT2D eigenvalue weighted by atomic mass is 9.91. The Morgan fingerprint density at radius 2 is 1.38 bits per heavy atom. The van der Waals surface area contributed by atoms with E-state index in [-0.39, 0.29) is 6.10 Å². The molecule has 1 heterocycles. The number of piperazine rings is 1. The summed E-state index contributed by atoms with van der Waals surface area (Å²) in [7, 11) is 0. The van der Waals surface area contributed by atoms with Crippen LogP contribution in [0.2, 0.25) is 0 Å². The van der Waals surface area contributed by atoms with E-state index in [1.54, 1.807) is 0 Å². The van der Waals surface area contributed by atoms with E-state index in [0.717, 1.165) is 12.5 Å². The summed E-state index contributed by atoms with van der Waals surface area (Å²) in [6.45, 7) is 4.82. The summed E-state index contributed by atoms with van der Waals surface area (Å²) in [6.07, 6.45) is 7.56. The van der Waals surface area contributed by atoms with Crippen molar-refractivity contribution in [3.8, 4) is 0 Å². The Morgan fingerprint density at radius 1 is 0.750 bits per heavy atom. The van der Waals surface area contributed by atoms with Gasteiger partial charge in [-0.05, 0) is 25.7 Å². The van der Waals surface area contributed by atoms with Gasteiger partial charge in [0.25, 0.3) is 0 Å². The molecule has 1 N–H and O–H groups in total. The first-order chi connectivity index (χ1) is 7.84. The molecule has 2 aliphatic carbocycles. The maximum atomic E-state index is 10.1. The van der Waals surface area contributed by atoms with E-state index in [4.69, 9.17) is 0 Å². The van der Waals surface area contributed by atoms with Crippen LogP contribution in [-0.2, 0) is 0 Å². The molecule has 1 saturated heterocycles. The molecule has 0 aromatic carbocycles. The molecule has 3 aliphatic rings. The molecular weight excluding hydrogens is 200 g/mol. The van der Waals surface area contributed by atoms with E-state index >= 15 is 0 Å². The number of hydrogen-bond donors (Lipinski definition) is 1. The van der Waals surface area contributed by atoms with Crippen LogP contribution >= 0.6 is 0 Å². The molecule has 0 aromatic rings. The summed E-state index contributed by atoms with van der Waals surface area (Å²) < 4.78 is 0. The second kappa shape index (κ2) is 4.63. The summed E-state index contributed by atoms with van der Waals surface area (Å²) in [6, 6.07) is 1.38. The lowest BCUT2D eigenvalue weighted by molar-refractivity contribution is -0.00473. The normalized spacial score (nSPS) is 38.8. The number of nitrogens with zero attached hydrogens (tertiary/aromatic N) is 2. The smallest absolute Gasteiger partial charge is 0.0695 e. The zero-order valence-corrected chi connectivity index (χ0v) is 10.1. The van der Waals surface area contributed by atoms with Gasteiger partial charge in [0.05, 0.1) is 6.10 Å². The minimum Gasteiger partial charge on any atom is -0.391 e. The third-order valence-corrected chi connectivity index (χ3v) is 4.58. The van der Waals surface area contributed by atoms with Gasteiger partial charge in [0.2, 0.25) is 0 Å². The van der Waals surface area contributed by atoms with Gasteiger partial charge in [0.15, 0.2) is 0 Å². The third kappa shape index (κ3) is 2.27. The first-order valence-electron chi connectivity index (χ1n) is 7.01. The Hall–Kier alpha value is -0.120. The van der Waals surface area contributed by atoms with Crippen molar-refractivity contribution < 1.29 is 5.11 Å². The van der Waals surface area contributed by atoms with E-state index in [1.807, 2.05) is 0 Å². The van der Waals surface area contributed by atoms with Crippen LogP contribution in [0.15, 0.2) is 0 Å². The quantitative estimate of drug-likeness (QED) is 0.760. The molecule has 2 atom stereocenters. The van der Waals surface area contributed by atoms with Crippen LogP contribution in [0.25, 0.3) is 0 Å². The van der Waals surface area contributed by atoms with Crippen molar-refractivity contribution in [3.05, 3.63) is 0 Å². The lowest BCUT2D eigenvalue weighted by Crippen LogP contribution is -2.54. The minimum absolute atomic E-state index is 0.0544. The van der Waals surface area contributed by atoms with Crippen molar-refractivity contribution >= 4 is 0 Å². The zero-order valence-electron chi connectivity index (χ0n) is 10.1. The molecule has 92 valence electrons. The molecule has 3 heteroatoms. The zero-order chi connectivity index (χ0) is 11.0. The molecule has 3 fully saturated rings. The molecule has 3 rings (SSSR count). The molecule has 0 bridgehead atoms. The van der Waals surface area contributed by atoms with Crippen LogP contribution < -0.4 is 0 Å². The summed E-state index contributed by atoms with van der Waals surface area (Å²) in [5, 5.41) is 10.1. The predicted octanol–water partition coefficient (Wildman–Crippen LogP) is 1.07. The fraction of sp³-hybridized carbons (Fsp3) is 1.00. The molecular formula is C13H24N2O. The van der Waals surface area contributed by atoms with E-state index in [0.29, 0.717) is 6.04 Å². The van der Waals surface area contributed by atoms with Crippen molar-refractivity contribution in [1.82, 2.24) is 9.80 Å². The van der Waals surface area contributed by atoms with Gasteiger partial charge >= 0.3 is 0 Å². The van der Waals surface area contributed by atoms with Gasteiger partial charge in [-0.3, -0.25) is 9.80 Å². The third-order valence-electron chi connectivity index (χ3n) is 4.58. The Balaban J connectivity index is 1.51. The van der Waals surface area contributed by atoms with Crippen LogP contribution in [0, 0.1) is 0 Å². The van der Waals surface area contributed by atoms with Crippen molar-refractivity contribution in [1.29, 1.82) is 0 Å². The van der Waals surface area contributed by atoms with Crippen LogP contribution in [-0.4, -0.2) is 59.3 Å². The van der Waals surface area contributed by atoms with E-state index in [1.165, 1.54) is 58.3 Å². The molecule has 1 aliphatic heterocycles. The second-order valence-corrected chi connectivity index (χ2v) is 5.72. The minimum atomic E-state index is -0.0544. The van der Waals surface area contributed by atoms with Gasteiger partial charge in [0.1, 0.15) is 0 Å².